The molecule has 0 bridgehead atoms. The summed E-state index contributed by atoms with van der Waals surface area (Å²) in [6.07, 6.45) is 5.31. The highest BCUT2D eigenvalue weighted by Gasteiger charge is 2.27. The van der Waals surface area contributed by atoms with E-state index in [0.717, 1.165) is 37.9 Å². The molecule has 1 aliphatic carbocycles. The third-order valence-corrected chi connectivity index (χ3v) is 5.77. The zero-order chi connectivity index (χ0) is 16.2. The van der Waals surface area contributed by atoms with Gasteiger partial charge in [-0.25, -0.2) is 4.39 Å². The molecule has 1 heterocycles. The monoisotopic (exact) mass is 366 g/mol. The highest BCUT2D eigenvalue weighted by molar-refractivity contribution is 7.13. The Morgan fingerprint density at radius 2 is 1.88 bits per heavy atom. The summed E-state index contributed by atoms with van der Waals surface area (Å²) in [4.78, 5) is 3.88. The first-order valence-electron chi connectivity index (χ1n) is 8.82. The standard InChI is InChI=1S/C20H26FNS.ClH/c1-3-11-22(12-4-2)15-7-8-16-18(14-15)17(9-10-19(16)21)20-6-5-13-23-20;/h5-6,9-10,13,15H,3-4,7-8,11-12,14H2,1-2H3;1H/p-1/t15-;/m1./s1. The van der Waals surface area contributed by atoms with Gasteiger partial charge in [0.2, 0.25) is 0 Å². The van der Waals surface area contributed by atoms with Crippen molar-refractivity contribution >= 4 is 11.3 Å². The second-order valence-corrected chi connectivity index (χ2v) is 7.41. The highest BCUT2D eigenvalue weighted by Crippen LogP contribution is 2.36. The van der Waals surface area contributed by atoms with E-state index in [0.29, 0.717) is 6.04 Å². The van der Waals surface area contributed by atoms with E-state index in [2.05, 4.69) is 36.3 Å². The molecule has 0 spiro atoms. The molecule has 0 aliphatic heterocycles. The van der Waals surface area contributed by atoms with Crippen LogP contribution in [0.5, 0.6) is 0 Å². The van der Waals surface area contributed by atoms with Crippen molar-refractivity contribution in [2.45, 2.75) is 52.0 Å². The Hall–Kier alpha value is -0.900. The lowest BCUT2D eigenvalue weighted by atomic mass is 9.83. The van der Waals surface area contributed by atoms with Crippen LogP contribution in [-0.4, -0.2) is 24.0 Å². The Morgan fingerprint density at radius 1 is 1.12 bits per heavy atom. The first kappa shape index (κ1) is 19.4. The van der Waals surface area contributed by atoms with Crippen molar-refractivity contribution in [2.75, 3.05) is 13.1 Å². The van der Waals surface area contributed by atoms with Gasteiger partial charge in [-0.15, -0.1) is 11.3 Å². The molecule has 0 unspecified atom stereocenters. The van der Waals surface area contributed by atoms with Crippen molar-refractivity contribution in [3.05, 3.63) is 46.6 Å². The smallest absolute Gasteiger partial charge is 0.126 e. The summed E-state index contributed by atoms with van der Waals surface area (Å²) >= 11 is 1.75. The molecule has 0 saturated carbocycles. The van der Waals surface area contributed by atoms with Crippen LogP contribution >= 0.6 is 11.3 Å². The van der Waals surface area contributed by atoms with Crippen LogP contribution in [0.15, 0.2) is 29.6 Å². The van der Waals surface area contributed by atoms with E-state index in [-0.39, 0.29) is 18.2 Å². The van der Waals surface area contributed by atoms with E-state index in [1.807, 2.05) is 6.07 Å². The fourth-order valence-electron chi connectivity index (χ4n) is 3.84. The summed E-state index contributed by atoms with van der Waals surface area (Å²) in [6.45, 7) is 6.79. The lowest BCUT2D eigenvalue weighted by Gasteiger charge is -2.36. The molecule has 1 aromatic carbocycles. The van der Waals surface area contributed by atoms with Gasteiger partial charge in [-0.05, 0) is 79.4 Å². The van der Waals surface area contributed by atoms with Gasteiger partial charge < -0.3 is 17.3 Å². The van der Waals surface area contributed by atoms with Crippen molar-refractivity contribution < 1.29 is 16.8 Å². The summed E-state index contributed by atoms with van der Waals surface area (Å²) in [5, 5.41) is 2.10. The van der Waals surface area contributed by atoms with Crippen LogP contribution in [0.25, 0.3) is 10.4 Å². The second kappa shape index (κ2) is 8.98. The quantitative estimate of drug-likeness (QED) is 0.759. The summed E-state index contributed by atoms with van der Waals surface area (Å²) in [5.74, 6) is -0.0173. The molecular formula is C20H26ClFNS-. The first-order valence-corrected chi connectivity index (χ1v) is 9.70. The molecule has 1 aliphatic rings. The van der Waals surface area contributed by atoms with Gasteiger partial charge in [0.05, 0.1) is 0 Å². The average Bonchev–Trinajstić information content (AvgIpc) is 3.09. The lowest BCUT2D eigenvalue weighted by molar-refractivity contribution is -0.00000534. The summed E-state index contributed by atoms with van der Waals surface area (Å²) in [7, 11) is 0. The van der Waals surface area contributed by atoms with Crippen LogP contribution in [0.2, 0.25) is 0 Å². The number of halogens is 2. The van der Waals surface area contributed by atoms with E-state index in [1.54, 1.807) is 17.4 Å². The van der Waals surface area contributed by atoms with E-state index in [9.17, 15) is 4.39 Å². The third kappa shape index (κ3) is 4.01. The predicted molar refractivity (Wildman–Crippen MR) is 97.7 cm³/mol. The number of thiophene rings is 1. The molecule has 0 N–H and O–H groups in total. The third-order valence-electron chi connectivity index (χ3n) is 4.87. The molecule has 132 valence electrons. The van der Waals surface area contributed by atoms with Crippen molar-refractivity contribution in [3.8, 4) is 10.4 Å². The van der Waals surface area contributed by atoms with Gasteiger partial charge in [0.1, 0.15) is 5.82 Å². The Labute approximate surface area is 155 Å². The van der Waals surface area contributed by atoms with E-state index in [4.69, 9.17) is 0 Å². The maximum Gasteiger partial charge on any atom is 0.126 e. The Kier molecular flexibility index (Phi) is 7.27. The van der Waals surface area contributed by atoms with Crippen molar-refractivity contribution in [1.82, 2.24) is 4.90 Å². The molecule has 0 fully saturated rings. The van der Waals surface area contributed by atoms with Gasteiger partial charge in [-0.3, -0.25) is 0 Å². The van der Waals surface area contributed by atoms with Gasteiger partial charge in [0.25, 0.3) is 0 Å². The Morgan fingerprint density at radius 3 is 2.50 bits per heavy atom. The molecule has 1 nitrogen and oxygen atoms in total. The normalized spacial score (nSPS) is 16.8. The van der Waals surface area contributed by atoms with Gasteiger partial charge >= 0.3 is 0 Å². The number of fused-ring (bicyclic) bond motifs is 1. The number of hydrogen-bond donors (Lipinski definition) is 0. The fraction of sp³-hybridized carbons (Fsp3) is 0.500. The molecular weight excluding hydrogens is 341 g/mol. The van der Waals surface area contributed by atoms with Crippen LogP contribution in [0.1, 0.15) is 44.2 Å². The van der Waals surface area contributed by atoms with Crippen molar-refractivity contribution in [3.63, 3.8) is 0 Å². The number of nitrogens with zero attached hydrogens (tertiary/aromatic N) is 1. The minimum absolute atomic E-state index is 0. The van der Waals surface area contributed by atoms with Crippen LogP contribution < -0.4 is 12.4 Å². The average molecular weight is 367 g/mol. The zero-order valence-electron chi connectivity index (χ0n) is 14.5. The lowest BCUT2D eigenvalue weighted by Crippen LogP contribution is -3.00. The first-order chi connectivity index (χ1) is 11.2. The zero-order valence-corrected chi connectivity index (χ0v) is 16.1. The Balaban J connectivity index is 0.00000208. The summed E-state index contributed by atoms with van der Waals surface area (Å²) in [5.41, 5.74) is 3.45. The number of benzene rings is 1. The molecule has 0 radical (unpaired) electrons. The Bertz CT molecular complexity index is 635. The predicted octanol–water partition coefficient (Wildman–Crippen LogP) is 2.54. The van der Waals surface area contributed by atoms with Crippen LogP contribution in [0.4, 0.5) is 4.39 Å². The molecule has 2 aromatic rings. The van der Waals surface area contributed by atoms with Gasteiger partial charge in [0.15, 0.2) is 0 Å². The minimum atomic E-state index is -0.0173. The van der Waals surface area contributed by atoms with Crippen molar-refractivity contribution in [1.29, 1.82) is 0 Å². The SMILES string of the molecule is CCCN(CCC)[C@@H]1CCc2c(F)ccc(-c3cccs3)c2C1.[Cl-]. The molecule has 3 rings (SSSR count). The maximum absolute atomic E-state index is 14.3. The van der Waals surface area contributed by atoms with Crippen molar-refractivity contribution in [2.24, 2.45) is 0 Å². The van der Waals surface area contributed by atoms with Gasteiger partial charge in [0, 0.05) is 10.9 Å². The van der Waals surface area contributed by atoms with Crippen LogP contribution in [0, 0.1) is 5.82 Å². The van der Waals surface area contributed by atoms with E-state index in [1.165, 1.54) is 28.8 Å². The highest BCUT2D eigenvalue weighted by atomic mass is 35.5. The molecule has 0 amide bonds. The number of rotatable bonds is 6. The van der Waals surface area contributed by atoms with E-state index < -0.39 is 0 Å². The van der Waals surface area contributed by atoms with Crippen LogP contribution in [-0.2, 0) is 12.8 Å². The van der Waals surface area contributed by atoms with Crippen LogP contribution in [0.3, 0.4) is 0 Å². The molecule has 1 atom stereocenters. The fourth-order valence-corrected chi connectivity index (χ4v) is 4.62. The van der Waals surface area contributed by atoms with Gasteiger partial charge in [-0.2, -0.15) is 0 Å². The van der Waals surface area contributed by atoms with Gasteiger partial charge in [-0.1, -0.05) is 26.0 Å². The van der Waals surface area contributed by atoms with E-state index >= 15 is 0 Å². The molecule has 4 heteroatoms. The second-order valence-electron chi connectivity index (χ2n) is 6.46. The summed E-state index contributed by atoms with van der Waals surface area (Å²) < 4.78 is 14.3. The number of hydrogen-bond acceptors (Lipinski definition) is 2. The minimum Gasteiger partial charge on any atom is -1.00 e. The summed E-state index contributed by atoms with van der Waals surface area (Å²) in [6, 6.07) is 8.42. The molecule has 24 heavy (non-hydrogen) atoms. The molecule has 0 saturated heterocycles. The topological polar surface area (TPSA) is 3.24 Å². The molecule has 1 aromatic heterocycles. The largest absolute Gasteiger partial charge is 1.00 e. The maximum atomic E-state index is 14.3.